The summed E-state index contributed by atoms with van der Waals surface area (Å²) in [7, 11) is 3.60. The Labute approximate surface area is 124 Å². The van der Waals surface area contributed by atoms with Gasteiger partial charge in [0.25, 0.3) is 0 Å². The van der Waals surface area contributed by atoms with E-state index in [-0.39, 0.29) is 0 Å². The zero-order valence-electron chi connectivity index (χ0n) is 12.7. The minimum Gasteiger partial charge on any atom is -0.383 e. The number of rotatable bonds is 8. The predicted octanol–water partition coefficient (Wildman–Crippen LogP) is 0.962. The average Bonchev–Trinajstić information content (AvgIpc) is 3.04. The number of anilines is 2. The summed E-state index contributed by atoms with van der Waals surface area (Å²) in [4.78, 5) is 19.3. The van der Waals surface area contributed by atoms with Crippen LogP contribution in [0.3, 0.4) is 0 Å². The second-order valence-corrected chi connectivity index (χ2v) is 4.57. The van der Waals surface area contributed by atoms with Crippen LogP contribution in [-0.2, 0) is 4.74 Å². The average molecular weight is 291 g/mol. The normalized spacial score (nSPS) is 10.6. The minimum atomic E-state index is 0.542. The molecule has 0 aliphatic heterocycles. The molecule has 0 atom stereocenters. The Hall–Kier alpha value is -2.22. The van der Waals surface area contributed by atoms with Crippen molar-refractivity contribution in [3.8, 4) is 5.95 Å². The van der Waals surface area contributed by atoms with Crippen LogP contribution in [0.1, 0.15) is 13.3 Å². The minimum absolute atomic E-state index is 0.542. The Morgan fingerprint density at radius 2 is 2.19 bits per heavy atom. The standard InChI is InChI=1S/C13H21N7O/c1-4-5-15-11-16-12(19(2)8-9-21-3)18-13(17-11)20-7-6-14-10-20/h6-7,10H,4-5,8-9H2,1-3H3,(H,15,16,17,18). The van der Waals surface area contributed by atoms with Crippen molar-refractivity contribution in [2.45, 2.75) is 13.3 Å². The molecule has 0 saturated carbocycles. The van der Waals surface area contributed by atoms with Gasteiger partial charge in [0.15, 0.2) is 0 Å². The summed E-state index contributed by atoms with van der Waals surface area (Å²) in [5.41, 5.74) is 0. The lowest BCUT2D eigenvalue weighted by Gasteiger charge is -2.18. The molecule has 0 aliphatic carbocycles. The van der Waals surface area contributed by atoms with E-state index in [2.05, 4.69) is 32.2 Å². The van der Waals surface area contributed by atoms with Gasteiger partial charge in [0.05, 0.1) is 6.61 Å². The highest BCUT2D eigenvalue weighted by molar-refractivity contribution is 5.39. The van der Waals surface area contributed by atoms with Crippen molar-refractivity contribution in [1.82, 2.24) is 24.5 Å². The van der Waals surface area contributed by atoms with Gasteiger partial charge in [-0.05, 0) is 6.42 Å². The van der Waals surface area contributed by atoms with Crippen molar-refractivity contribution in [1.29, 1.82) is 0 Å². The number of likely N-dealkylation sites (N-methyl/N-ethyl adjacent to an activating group) is 1. The molecule has 8 heteroatoms. The molecule has 2 heterocycles. The van der Waals surface area contributed by atoms with E-state index < -0.39 is 0 Å². The first kappa shape index (κ1) is 15.2. The Kier molecular flexibility index (Phi) is 5.44. The molecular weight excluding hydrogens is 270 g/mol. The molecule has 0 saturated heterocycles. The lowest BCUT2D eigenvalue weighted by molar-refractivity contribution is 0.206. The van der Waals surface area contributed by atoms with Crippen LogP contribution < -0.4 is 10.2 Å². The lowest BCUT2D eigenvalue weighted by atomic mass is 10.5. The Bertz CT molecular complexity index is 543. The van der Waals surface area contributed by atoms with Crippen molar-refractivity contribution in [2.24, 2.45) is 0 Å². The van der Waals surface area contributed by atoms with Crippen molar-refractivity contribution in [3.63, 3.8) is 0 Å². The molecule has 0 aromatic carbocycles. The topological polar surface area (TPSA) is 81.0 Å². The van der Waals surface area contributed by atoms with Crippen LogP contribution in [0.4, 0.5) is 11.9 Å². The lowest BCUT2D eigenvalue weighted by Crippen LogP contribution is -2.25. The van der Waals surface area contributed by atoms with Gasteiger partial charge in [-0.25, -0.2) is 4.98 Å². The summed E-state index contributed by atoms with van der Waals surface area (Å²) in [5.74, 6) is 1.71. The highest BCUT2D eigenvalue weighted by Crippen LogP contribution is 2.12. The molecule has 2 rings (SSSR count). The molecule has 21 heavy (non-hydrogen) atoms. The van der Waals surface area contributed by atoms with Gasteiger partial charge >= 0.3 is 0 Å². The van der Waals surface area contributed by atoms with Crippen molar-refractivity contribution in [3.05, 3.63) is 18.7 Å². The first-order valence-corrected chi connectivity index (χ1v) is 6.93. The number of imidazole rings is 1. The molecule has 0 radical (unpaired) electrons. The first-order valence-electron chi connectivity index (χ1n) is 6.93. The van der Waals surface area contributed by atoms with Crippen LogP contribution in [0, 0.1) is 0 Å². The van der Waals surface area contributed by atoms with Crippen LogP contribution in [0.2, 0.25) is 0 Å². The summed E-state index contributed by atoms with van der Waals surface area (Å²) in [6, 6.07) is 0. The fourth-order valence-electron chi connectivity index (χ4n) is 1.66. The van der Waals surface area contributed by atoms with Gasteiger partial charge in [-0.1, -0.05) is 6.92 Å². The zero-order valence-corrected chi connectivity index (χ0v) is 12.7. The molecule has 0 aliphatic rings. The highest BCUT2D eigenvalue weighted by Gasteiger charge is 2.11. The van der Waals surface area contributed by atoms with E-state index in [9.17, 15) is 0 Å². The Morgan fingerprint density at radius 3 is 2.86 bits per heavy atom. The van der Waals surface area contributed by atoms with Crippen LogP contribution in [-0.4, -0.2) is 58.4 Å². The number of nitrogens with zero attached hydrogens (tertiary/aromatic N) is 6. The second kappa shape index (κ2) is 7.53. The fourth-order valence-corrected chi connectivity index (χ4v) is 1.66. The second-order valence-electron chi connectivity index (χ2n) is 4.57. The summed E-state index contributed by atoms with van der Waals surface area (Å²) >= 11 is 0. The SMILES string of the molecule is CCCNc1nc(N(C)CCOC)nc(-n2ccnc2)n1. The molecule has 0 unspecified atom stereocenters. The van der Waals surface area contributed by atoms with Crippen LogP contribution in [0.15, 0.2) is 18.7 Å². The summed E-state index contributed by atoms with van der Waals surface area (Å²) < 4.78 is 6.84. The van der Waals surface area contributed by atoms with Crippen molar-refractivity contribution < 1.29 is 4.74 Å². The van der Waals surface area contributed by atoms with Crippen molar-refractivity contribution in [2.75, 3.05) is 44.1 Å². The van der Waals surface area contributed by atoms with E-state index in [1.807, 2.05) is 11.9 Å². The predicted molar refractivity (Wildman–Crippen MR) is 80.9 cm³/mol. The summed E-state index contributed by atoms with van der Waals surface area (Å²) in [6.45, 7) is 4.22. The number of hydrogen-bond acceptors (Lipinski definition) is 7. The zero-order chi connectivity index (χ0) is 15.1. The van der Waals surface area contributed by atoms with Gasteiger partial charge in [-0.15, -0.1) is 0 Å². The number of nitrogens with one attached hydrogen (secondary N) is 1. The van der Waals surface area contributed by atoms with Gasteiger partial charge < -0.3 is 15.0 Å². The maximum atomic E-state index is 5.09. The summed E-state index contributed by atoms with van der Waals surface area (Å²) in [6.07, 6.45) is 6.16. The third-order valence-corrected chi connectivity index (χ3v) is 2.85. The maximum absolute atomic E-state index is 5.09. The summed E-state index contributed by atoms with van der Waals surface area (Å²) in [5, 5.41) is 3.19. The Balaban J connectivity index is 2.28. The number of aromatic nitrogens is 5. The van der Waals surface area contributed by atoms with Gasteiger partial charge in [-0.3, -0.25) is 4.57 Å². The number of methoxy groups -OCH3 is 1. The number of hydrogen-bond donors (Lipinski definition) is 1. The van der Waals surface area contributed by atoms with E-state index in [0.29, 0.717) is 31.0 Å². The smallest absolute Gasteiger partial charge is 0.241 e. The molecule has 114 valence electrons. The molecule has 8 nitrogen and oxygen atoms in total. The third kappa shape index (κ3) is 4.12. The van der Waals surface area contributed by atoms with Gasteiger partial charge in [0, 0.05) is 39.6 Å². The van der Waals surface area contributed by atoms with E-state index in [1.54, 1.807) is 30.4 Å². The molecule has 2 aromatic rings. The van der Waals surface area contributed by atoms with E-state index >= 15 is 0 Å². The molecule has 0 amide bonds. The fraction of sp³-hybridized carbons (Fsp3) is 0.538. The van der Waals surface area contributed by atoms with E-state index in [1.165, 1.54) is 0 Å². The van der Waals surface area contributed by atoms with Crippen molar-refractivity contribution >= 4 is 11.9 Å². The Morgan fingerprint density at radius 1 is 1.33 bits per heavy atom. The van der Waals surface area contributed by atoms with E-state index in [0.717, 1.165) is 13.0 Å². The monoisotopic (exact) mass is 291 g/mol. The van der Waals surface area contributed by atoms with Gasteiger partial charge in [0.1, 0.15) is 6.33 Å². The quantitative estimate of drug-likeness (QED) is 0.775. The molecule has 2 aromatic heterocycles. The molecule has 0 spiro atoms. The van der Waals surface area contributed by atoms with Crippen LogP contribution in [0.5, 0.6) is 0 Å². The largest absolute Gasteiger partial charge is 0.383 e. The highest BCUT2D eigenvalue weighted by atomic mass is 16.5. The molecule has 0 bridgehead atoms. The molecular formula is C13H21N7O. The van der Waals surface area contributed by atoms with Crippen LogP contribution >= 0.6 is 0 Å². The van der Waals surface area contributed by atoms with Gasteiger partial charge in [-0.2, -0.15) is 15.0 Å². The number of ether oxygens (including phenoxy) is 1. The molecule has 0 fully saturated rings. The first-order chi connectivity index (χ1) is 10.2. The third-order valence-electron chi connectivity index (χ3n) is 2.85. The maximum Gasteiger partial charge on any atom is 0.241 e. The van der Waals surface area contributed by atoms with Crippen LogP contribution in [0.25, 0.3) is 5.95 Å². The van der Waals surface area contributed by atoms with E-state index in [4.69, 9.17) is 4.74 Å². The molecule has 1 N–H and O–H groups in total. The van der Waals surface area contributed by atoms with Gasteiger partial charge in [0.2, 0.25) is 17.8 Å².